The summed E-state index contributed by atoms with van der Waals surface area (Å²) in [7, 11) is 1.72. The van der Waals surface area contributed by atoms with Crippen LogP contribution in [0.3, 0.4) is 0 Å². The quantitative estimate of drug-likeness (QED) is 0.452. The molecular weight excluding hydrogens is 456 g/mol. The third-order valence-corrected chi connectivity index (χ3v) is 7.33. The molecule has 4 rings (SSSR count). The molecular formula is C28H42N4O4. The van der Waals surface area contributed by atoms with Crippen molar-refractivity contribution in [2.75, 3.05) is 46.5 Å². The lowest BCUT2D eigenvalue weighted by atomic mass is 10.0. The van der Waals surface area contributed by atoms with Crippen molar-refractivity contribution >= 4 is 22.7 Å². The van der Waals surface area contributed by atoms with Gasteiger partial charge in [-0.15, -0.1) is 0 Å². The van der Waals surface area contributed by atoms with Crippen LogP contribution < -0.4 is 10.1 Å². The molecule has 1 aromatic heterocycles. The van der Waals surface area contributed by atoms with E-state index in [1.807, 2.05) is 23.1 Å². The van der Waals surface area contributed by atoms with Gasteiger partial charge < -0.3 is 29.2 Å². The second-order valence-electron chi connectivity index (χ2n) is 10.2. The fraction of sp³-hybridized carbons (Fsp3) is 0.643. The summed E-state index contributed by atoms with van der Waals surface area (Å²) in [5, 5.41) is 4.47. The van der Waals surface area contributed by atoms with Crippen LogP contribution in [0.15, 0.2) is 24.3 Å². The number of para-hydroxylation sites is 1. The number of hydrogen-bond acceptors (Lipinski definition) is 5. The number of benzene rings is 1. The predicted octanol–water partition coefficient (Wildman–Crippen LogP) is 3.67. The van der Waals surface area contributed by atoms with Crippen LogP contribution in [-0.4, -0.2) is 84.8 Å². The third kappa shape index (κ3) is 6.03. The lowest BCUT2D eigenvalue weighted by Crippen LogP contribution is -2.52. The van der Waals surface area contributed by atoms with Gasteiger partial charge in [-0.25, -0.2) is 0 Å². The molecule has 0 spiro atoms. The lowest BCUT2D eigenvalue weighted by Gasteiger charge is -2.37. The Labute approximate surface area is 214 Å². The van der Waals surface area contributed by atoms with Crippen molar-refractivity contribution in [3.63, 3.8) is 0 Å². The van der Waals surface area contributed by atoms with Crippen LogP contribution >= 0.6 is 0 Å². The fourth-order valence-electron chi connectivity index (χ4n) is 5.56. The summed E-state index contributed by atoms with van der Waals surface area (Å²) >= 11 is 0. The van der Waals surface area contributed by atoms with E-state index < -0.39 is 0 Å². The number of fused-ring (bicyclic) bond motifs is 1. The maximum Gasteiger partial charge on any atom is 0.271 e. The van der Waals surface area contributed by atoms with Crippen LogP contribution in [-0.2, 0) is 16.1 Å². The number of methoxy groups -OCH3 is 1. The molecule has 1 atom stereocenters. The van der Waals surface area contributed by atoms with Crippen molar-refractivity contribution in [2.24, 2.45) is 0 Å². The molecule has 2 saturated heterocycles. The number of piperidine rings is 1. The molecule has 36 heavy (non-hydrogen) atoms. The van der Waals surface area contributed by atoms with Crippen molar-refractivity contribution < 1.29 is 19.1 Å². The summed E-state index contributed by atoms with van der Waals surface area (Å²) in [5.41, 5.74) is 1.67. The summed E-state index contributed by atoms with van der Waals surface area (Å²) < 4.78 is 13.7. The molecule has 0 unspecified atom stereocenters. The first-order valence-corrected chi connectivity index (χ1v) is 13.6. The van der Waals surface area contributed by atoms with Gasteiger partial charge in [0.05, 0.1) is 12.1 Å². The highest BCUT2D eigenvalue weighted by Crippen LogP contribution is 2.31. The number of nitrogens with one attached hydrogen (secondary N) is 1. The van der Waals surface area contributed by atoms with E-state index >= 15 is 0 Å². The van der Waals surface area contributed by atoms with Crippen LogP contribution in [0.5, 0.6) is 5.75 Å². The Balaban J connectivity index is 1.63. The largest absolute Gasteiger partial charge is 0.490 e. The van der Waals surface area contributed by atoms with Crippen LogP contribution in [0.1, 0.15) is 62.9 Å². The minimum Gasteiger partial charge on any atom is -0.490 e. The average molecular weight is 499 g/mol. The maximum absolute atomic E-state index is 14.1. The number of unbranched alkanes of at least 4 members (excludes halogenated alkanes) is 1. The lowest BCUT2D eigenvalue weighted by molar-refractivity contribution is -0.128. The molecule has 2 aliphatic rings. The molecule has 8 heteroatoms. The molecule has 2 amide bonds. The zero-order chi connectivity index (χ0) is 25.5. The van der Waals surface area contributed by atoms with Gasteiger partial charge in [0.25, 0.3) is 5.91 Å². The Morgan fingerprint density at radius 2 is 2.06 bits per heavy atom. The highest BCUT2D eigenvalue weighted by atomic mass is 16.5. The van der Waals surface area contributed by atoms with Gasteiger partial charge in [-0.2, -0.15) is 0 Å². The molecule has 1 N–H and O–H groups in total. The molecule has 2 aromatic rings. The normalized spacial score (nSPS) is 18.4. The van der Waals surface area contributed by atoms with Gasteiger partial charge in [0.2, 0.25) is 5.91 Å². The van der Waals surface area contributed by atoms with E-state index in [2.05, 4.69) is 34.7 Å². The maximum atomic E-state index is 14.1. The molecule has 2 fully saturated rings. The highest BCUT2D eigenvalue weighted by molar-refractivity contribution is 6.00. The third-order valence-electron chi connectivity index (χ3n) is 7.33. The molecule has 0 saturated carbocycles. The first-order chi connectivity index (χ1) is 17.5. The highest BCUT2D eigenvalue weighted by Gasteiger charge is 2.31. The summed E-state index contributed by atoms with van der Waals surface area (Å²) in [5.74, 6) is 1.05. The molecule has 198 valence electrons. The molecule has 3 heterocycles. The van der Waals surface area contributed by atoms with Crippen LogP contribution in [0, 0.1) is 0 Å². The van der Waals surface area contributed by atoms with Crippen molar-refractivity contribution in [3.05, 3.63) is 30.0 Å². The molecule has 2 aliphatic heterocycles. The van der Waals surface area contributed by atoms with E-state index in [1.165, 1.54) is 0 Å². The van der Waals surface area contributed by atoms with E-state index in [0.29, 0.717) is 38.4 Å². The Morgan fingerprint density at radius 3 is 2.75 bits per heavy atom. The summed E-state index contributed by atoms with van der Waals surface area (Å²) in [6, 6.07) is 8.33. The number of carbonyl (C=O) groups is 2. The smallest absolute Gasteiger partial charge is 0.271 e. The monoisotopic (exact) mass is 498 g/mol. The Hall–Kier alpha value is -2.58. The van der Waals surface area contributed by atoms with Gasteiger partial charge in [0.15, 0.2) is 0 Å². The number of ether oxygens (including phenoxy) is 2. The number of nitrogens with zero attached hydrogens (tertiary/aromatic N) is 3. The van der Waals surface area contributed by atoms with E-state index in [9.17, 15) is 9.59 Å². The Morgan fingerprint density at radius 1 is 1.19 bits per heavy atom. The number of carbonyl (C=O) groups excluding carboxylic acids is 2. The first kappa shape index (κ1) is 26.5. The van der Waals surface area contributed by atoms with Crippen LogP contribution in [0.2, 0.25) is 0 Å². The molecule has 0 aliphatic carbocycles. The number of hydrogen-bond donors (Lipinski definition) is 1. The van der Waals surface area contributed by atoms with Crippen molar-refractivity contribution in [1.82, 2.24) is 19.7 Å². The van der Waals surface area contributed by atoms with Crippen molar-refractivity contribution in [2.45, 2.75) is 71.0 Å². The zero-order valence-electron chi connectivity index (χ0n) is 22.1. The van der Waals surface area contributed by atoms with Crippen LogP contribution in [0.4, 0.5) is 0 Å². The number of aromatic nitrogens is 1. The van der Waals surface area contributed by atoms with E-state index in [0.717, 1.165) is 68.4 Å². The topological polar surface area (TPSA) is 76.0 Å². The standard InChI is InChI=1S/C28H42N4O4/c1-21(2)32(23-10-7-13-29-20-23)28(34)24-19-22-9-6-11-25(27(22)31(24)15-4-5-17-35-3)36-18-16-30-14-8-12-26(30)33/h6,9,11,19,21,23,29H,4-5,7-8,10,12-18,20H2,1-3H3/t23-/m1/s1. The molecule has 1 aromatic carbocycles. The van der Waals surface area contributed by atoms with Crippen molar-refractivity contribution in [3.8, 4) is 5.75 Å². The minimum atomic E-state index is 0.0789. The minimum absolute atomic E-state index is 0.0789. The number of amides is 2. The van der Waals surface area contributed by atoms with Gasteiger partial charge in [0.1, 0.15) is 18.1 Å². The molecule has 0 bridgehead atoms. The second-order valence-corrected chi connectivity index (χ2v) is 10.2. The Kier molecular flexibility index (Phi) is 9.26. The van der Waals surface area contributed by atoms with Crippen molar-refractivity contribution in [1.29, 1.82) is 0 Å². The number of aryl methyl sites for hydroxylation is 1. The summed E-state index contributed by atoms with van der Waals surface area (Å²) in [6.45, 7) is 9.30. The summed E-state index contributed by atoms with van der Waals surface area (Å²) in [4.78, 5) is 30.0. The number of rotatable bonds is 12. The van der Waals surface area contributed by atoms with Gasteiger partial charge in [0, 0.05) is 57.2 Å². The van der Waals surface area contributed by atoms with E-state index in [4.69, 9.17) is 9.47 Å². The van der Waals surface area contributed by atoms with Gasteiger partial charge >= 0.3 is 0 Å². The summed E-state index contributed by atoms with van der Waals surface area (Å²) in [6.07, 6.45) is 5.49. The van der Waals surface area contributed by atoms with E-state index in [-0.39, 0.29) is 23.9 Å². The first-order valence-electron chi connectivity index (χ1n) is 13.6. The van der Waals surface area contributed by atoms with Gasteiger partial charge in [-0.05, 0) is 64.6 Å². The van der Waals surface area contributed by atoms with Gasteiger partial charge in [-0.3, -0.25) is 9.59 Å². The van der Waals surface area contributed by atoms with E-state index in [1.54, 1.807) is 7.11 Å². The second kappa shape index (κ2) is 12.6. The van der Waals surface area contributed by atoms with Crippen LogP contribution in [0.25, 0.3) is 10.9 Å². The SMILES string of the molecule is COCCCCn1c(C(=O)N(C(C)C)[C@@H]2CCCNC2)cc2cccc(OCCN3CCCC3=O)c21. The average Bonchev–Trinajstić information content (AvgIpc) is 3.46. The fourth-order valence-corrected chi connectivity index (χ4v) is 5.56. The predicted molar refractivity (Wildman–Crippen MR) is 142 cm³/mol. The number of likely N-dealkylation sites (tertiary alicyclic amines) is 1. The molecule has 8 nitrogen and oxygen atoms in total. The van der Waals surface area contributed by atoms with Gasteiger partial charge in [-0.1, -0.05) is 12.1 Å². The zero-order valence-corrected chi connectivity index (χ0v) is 22.1. The Bertz CT molecular complexity index is 1030. The molecule has 0 radical (unpaired) electrons.